The normalized spacial score (nSPS) is 15.8. The highest BCUT2D eigenvalue weighted by molar-refractivity contribution is 6.30. The first-order valence-electron chi connectivity index (χ1n) is 8.77. The van der Waals surface area contributed by atoms with E-state index in [-0.39, 0.29) is 11.8 Å². The van der Waals surface area contributed by atoms with Gasteiger partial charge in [-0.1, -0.05) is 11.6 Å². The molecule has 0 radical (unpaired) electrons. The highest BCUT2D eigenvalue weighted by Crippen LogP contribution is 2.25. The predicted molar refractivity (Wildman–Crippen MR) is 106 cm³/mol. The van der Waals surface area contributed by atoms with E-state index >= 15 is 0 Å². The van der Waals surface area contributed by atoms with Gasteiger partial charge in [-0.25, -0.2) is 0 Å². The Morgan fingerprint density at radius 1 is 0.963 bits per heavy atom. The second-order valence-electron chi connectivity index (χ2n) is 6.44. The third-order valence-electron chi connectivity index (χ3n) is 4.72. The lowest BCUT2D eigenvalue weighted by molar-refractivity contribution is -0.140. The molecule has 1 saturated heterocycles. The quantitative estimate of drug-likeness (QED) is 0.735. The first-order chi connectivity index (χ1) is 13.0. The summed E-state index contributed by atoms with van der Waals surface area (Å²) in [7, 11) is 1.57. The zero-order valence-corrected chi connectivity index (χ0v) is 15.8. The van der Waals surface area contributed by atoms with Crippen molar-refractivity contribution in [2.75, 3.05) is 30.8 Å². The molecule has 0 aliphatic carbocycles. The summed E-state index contributed by atoms with van der Waals surface area (Å²) in [5.74, 6) is -0.374. The maximum Gasteiger partial charge on any atom is 0.256 e. The van der Waals surface area contributed by atoms with Crippen molar-refractivity contribution >= 4 is 34.8 Å². The van der Waals surface area contributed by atoms with E-state index in [4.69, 9.17) is 16.3 Å². The van der Waals surface area contributed by atoms with Crippen molar-refractivity contribution in [2.24, 2.45) is 0 Å². The number of halogens is 1. The molecule has 1 aliphatic heterocycles. The number of amides is 2. The van der Waals surface area contributed by atoms with Crippen LogP contribution in [-0.4, -0.2) is 37.6 Å². The van der Waals surface area contributed by atoms with Gasteiger partial charge in [0.2, 0.25) is 0 Å². The topological polar surface area (TPSA) is 79.5 Å². The lowest BCUT2D eigenvalue weighted by Crippen LogP contribution is -2.51. The van der Waals surface area contributed by atoms with Gasteiger partial charge < -0.3 is 20.7 Å². The van der Waals surface area contributed by atoms with E-state index < -0.39 is 5.60 Å². The second-order valence-corrected chi connectivity index (χ2v) is 6.88. The van der Waals surface area contributed by atoms with Crippen molar-refractivity contribution in [3.8, 4) is 0 Å². The van der Waals surface area contributed by atoms with Crippen LogP contribution in [-0.2, 0) is 9.53 Å². The van der Waals surface area contributed by atoms with E-state index in [0.717, 1.165) is 13.1 Å². The van der Waals surface area contributed by atoms with Crippen LogP contribution < -0.4 is 16.0 Å². The molecule has 27 heavy (non-hydrogen) atoms. The van der Waals surface area contributed by atoms with Crippen LogP contribution >= 0.6 is 11.6 Å². The molecule has 0 unspecified atom stereocenters. The Morgan fingerprint density at radius 3 is 2.07 bits per heavy atom. The number of hydrogen-bond donors (Lipinski definition) is 3. The van der Waals surface area contributed by atoms with Crippen molar-refractivity contribution in [1.82, 2.24) is 5.32 Å². The minimum atomic E-state index is -0.799. The molecule has 7 heteroatoms. The number of anilines is 2. The Kier molecular flexibility index (Phi) is 6.11. The van der Waals surface area contributed by atoms with Gasteiger partial charge in [-0.2, -0.15) is 0 Å². The minimum Gasteiger partial charge on any atom is -0.368 e. The molecule has 0 aromatic heterocycles. The highest BCUT2D eigenvalue weighted by atomic mass is 35.5. The molecular weight excluding hydrogens is 366 g/mol. The third kappa shape index (κ3) is 4.66. The maximum atomic E-state index is 12.7. The number of ether oxygens (including phenoxy) is 1. The molecule has 0 atom stereocenters. The van der Waals surface area contributed by atoms with Gasteiger partial charge in [-0.3, -0.25) is 9.59 Å². The molecule has 0 saturated carbocycles. The van der Waals surface area contributed by atoms with Gasteiger partial charge in [0.1, 0.15) is 5.60 Å². The number of rotatable bonds is 5. The fourth-order valence-corrected chi connectivity index (χ4v) is 3.17. The van der Waals surface area contributed by atoms with Crippen molar-refractivity contribution in [1.29, 1.82) is 0 Å². The zero-order valence-electron chi connectivity index (χ0n) is 15.0. The highest BCUT2D eigenvalue weighted by Gasteiger charge is 2.39. The van der Waals surface area contributed by atoms with Gasteiger partial charge in [0.15, 0.2) is 0 Å². The second kappa shape index (κ2) is 8.52. The molecule has 1 aliphatic rings. The molecule has 142 valence electrons. The molecule has 2 amide bonds. The summed E-state index contributed by atoms with van der Waals surface area (Å²) in [6, 6.07) is 13.6. The Bertz CT molecular complexity index is 800. The fraction of sp³-hybridized carbons (Fsp3) is 0.300. The summed E-state index contributed by atoms with van der Waals surface area (Å²) < 4.78 is 5.53. The number of hydrogen-bond acceptors (Lipinski definition) is 4. The SMILES string of the molecule is COC1(C(=O)Nc2ccc(NC(=O)c3ccc(Cl)cc3)cc2)CCNCC1. The Morgan fingerprint density at radius 2 is 1.52 bits per heavy atom. The van der Waals surface area contributed by atoms with Crippen LogP contribution in [0, 0.1) is 0 Å². The van der Waals surface area contributed by atoms with Crippen molar-refractivity contribution in [2.45, 2.75) is 18.4 Å². The monoisotopic (exact) mass is 387 g/mol. The molecule has 2 aromatic carbocycles. The summed E-state index contributed by atoms with van der Waals surface area (Å²) in [6.45, 7) is 1.49. The van der Waals surface area contributed by atoms with Crippen molar-refractivity contribution in [3.63, 3.8) is 0 Å². The maximum absolute atomic E-state index is 12.7. The Hall–Kier alpha value is -2.41. The Labute approximate surface area is 163 Å². The van der Waals surface area contributed by atoms with Gasteiger partial charge in [-0.15, -0.1) is 0 Å². The van der Waals surface area contributed by atoms with E-state index in [2.05, 4.69) is 16.0 Å². The first kappa shape index (κ1) is 19.4. The Balaban J connectivity index is 1.62. The summed E-state index contributed by atoms with van der Waals surface area (Å²) >= 11 is 5.83. The smallest absolute Gasteiger partial charge is 0.256 e. The largest absolute Gasteiger partial charge is 0.368 e. The third-order valence-corrected chi connectivity index (χ3v) is 4.97. The summed E-state index contributed by atoms with van der Waals surface area (Å²) in [6.07, 6.45) is 1.26. The van der Waals surface area contributed by atoms with Gasteiger partial charge in [0.25, 0.3) is 11.8 Å². The average molecular weight is 388 g/mol. The van der Waals surface area contributed by atoms with E-state index in [1.54, 1.807) is 55.6 Å². The number of carbonyl (C=O) groups excluding carboxylic acids is 2. The first-order valence-corrected chi connectivity index (χ1v) is 9.14. The van der Waals surface area contributed by atoms with Gasteiger partial charge in [0, 0.05) is 29.1 Å². The zero-order chi connectivity index (χ0) is 19.3. The molecule has 1 heterocycles. The van der Waals surface area contributed by atoms with E-state index in [1.807, 2.05) is 0 Å². The van der Waals surface area contributed by atoms with Crippen LogP contribution in [0.4, 0.5) is 11.4 Å². The molecule has 0 spiro atoms. The summed E-state index contributed by atoms with van der Waals surface area (Å²) in [5.41, 5.74) is 1.01. The standard InChI is InChI=1S/C20H22ClN3O3/c1-27-20(10-12-22-13-11-20)19(26)24-17-8-6-16(7-9-17)23-18(25)14-2-4-15(21)5-3-14/h2-9,22H,10-13H2,1H3,(H,23,25)(H,24,26). The number of methoxy groups -OCH3 is 1. The fourth-order valence-electron chi connectivity index (χ4n) is 3.04. The van der Waals surface area contributed by atoms with Crippen molar-refractivity contribution < 1.29 is 14.3 Å². The van der Waals surface area contributed by atoms with Crippen LogP contribution in [0.25, 0.3) is 0 Å². The lowest BCUT2D eigenvalue weighted by atomic mass is 9.91. The summed E-state index contributed by atoms with van der Waals surface area (Å²) in [4.78, 5) is 24.9. The van der Waals surface area contributed by atoms with E-state index in [0.29, 0.717) is 34.8 Å². The van der Waals surface area contributed by atoms with Crippen molar-refractivity contribution in [3.05, 3.63) is 59.1 Å². The molecule has 1 fully saturated rings. The molecule has 0 bridgehead atoms. The van der Waals surface area contributed by atoms with Crippen LogP contribution in [0.5, 0.6) is 0 Å². The van der Waals surface area contributed by atoms with Gasteiger partial charge in [0.05, 0.1) is 0 Å². The average Bonchev–Trinajstić information content (AvgIpc) is 2.70. The molecule has 3 rings (SSSR count). The lowest BCUT2D eigenvalue weighted by Gasteiger charge is -2.34. The number of nitrogens with one attached hydrogen (secondary N) is 3. The number of benzene rings is 2. The minimum absolute atomic E-state index is 0.149. The molecule has 3 N–H and O–H groups in total. The van der Waals surface area contributed by atoms with E-state index in [9.17, 15) is 9.59 Å². The molecular formula is C20H22ClN3O3. The number of piperidine rings is 1. The van der Waals surface area contributed by atoms with E-state index in [1.165, 1.54) is 0 Å². The van der Waals surface area contributed by atoms with Gasteiger partial charge in [-0.05, 0) is 74.5 Å². The van der Waals surface area contributed by atoms with Gasteiger partial charge >= 0.3 is 0 Å². The number of carbonyl (C=O) groups is 2. The summed E-state index contributed by atoms with van der Waals surface area (Å²) in [5, 5.41) is 9.52. The van der Waals surface area contributed by atoms with Crippen LogP contribution in [0.3, 0.4) is 0 Å². The van der Waals surface area contributed by atoms with Crippen LogP contribution in [0.1, 0.15) is 23.2 Å². The molecule has 6 nitrogen and oxygen atoms in total. The molecule has 2 aromatic rings. The predicted octanol–water partition coefficient (Wildman–Crippen LogP) is 3.30. The van der Waals surface area contributed by atoms with Crippen LogP contribution in [0.2, 0.25) is 5.02 Å². The van der Waals surface area contributed by atoms with Crippen LogP contribution in [0.15, 0.2) is 48.5 Å².